The number of hydrogen-bond donors (Lipinski definition) is 0. The molecular weight excluding hydrogens is 355 g/mol. The summed E-state index contributed by atoms with van der Waals surface area (Å²) in [5.74, 6) is 0.528. The van der Waals surface area contributed by atoms with Crippen LogP contribution in [0.4, 0.5) is 5.69 Å². The lowest BCUT2D eigenvalue weighted by molar-refractivity contribution is -0.384. The molecule has 1 heterocycles. The first-order valence-electron chi connectivity index (χ1n) is 7.49. The van der Waals surface area contributed by atoms with Crippen molar-refractivity contribution in [1.29, 1.82) is 0 Å². The minimum atomic E-state index is -0.582. The topological polar surface area (TPSA) is 74.4 Å². The highest BCUT2D eigenvalue weighted by atomic mass is 35.5. The molecule has 8 heteroatoms. The van der Waals surface area contributed by atoms with E-state index in [1.54, 1.807) is 10.8 Å². The Balaban J connectivity index is 1.93. The van der Waals surface area contributed by atoms with Gasteiger partial charge in [0.15, 0.2) is 5.75 Å². The number of rotatable bonds is 4. The monoisotopic (exact) mass is 368 g/mol. The molecule has 0 spiro atoms. The number of ether oxygens (including phenoxy) is 1. The van der Waals surface area contributed by atoms with Crippen molar-refractivity contribution in [2.45, 2.75) is 31.7 Å². The van der Waals surface area contributed by atoms with Crippen molar-refractivity contribution >= 4 is 28.9 Å². The first kappa shape index (κ1) is 16.8. The lowest BCUT2D eigenvalue weighted by atomic mass is 10.2. The molecule has 126 valence electrons. The van der Waals surface area contributed by atoms with Crippen molar-refractivity contribution < 1.29 is 9.66 Å². The molecule has 1 aromatic heterocycles. The normalized spacial score (nSPS) is 14.8. The SMILES string of the molecule is O=c1ccc(Oc2c(Cl)cc([N+](=O)[O-])cc2Cl)cn1C1CCCC1. The van der Waals surface area contributed by atoms with Crippen LogP contribution in [0, 0.1) is 10.1 Å². The molecule has 1 aliphatic rings. The van der Waals surface area contributed by atoms with E-state index in [1.807, 2.05) is 0 Å². The number of pyridine rings is 1. The number of hydrogen-bond acceptors (Lipinski definition) is 4. The summed E-state index contributed by atoms with van der Waals surface area (Å²) in [5.41, 5.74) is -0.302. The molecule has 0 saturated heterocycles. The van der Waals surface area contributed by atoms with Gasteiger partial charge < -0.3 is 9.30 Å². The van der Waals surface area contributed by atoms with Gasteiger partial charge in [0.1, 0.15) is 5.75 Å². The van der Waals surface area contributed by atoms with Gasteiger partial charge in [-0.2, -0.15) is 0 Å². The number of nitro benzene ring substituents is 1. The first-order valence-corrected chi connectivity index (χ1v) is 8.25. The maximum Gasteiger partial charge on any atom is 0.272 e. The predicted octanol–water partition coefficient (Wildman–Crippen LogP) is 4.97. The molecular formula is C16H14Cl2N2O4. The van der Waals surface area contributed by atoms with Crippen LogP contribution in [-0.4, -0.2) is 9.49 Å². The average molecular weight is 369 g/mol. The van der Waals surface area contributed by atoms with Crippen molar-refractivity contribution in [3.63, 3.8) is 0 Å². The van der Waals surface area contributed by atoms with Crippen LogP contribution < -0.4 is 10.3 Å². The molecule has 1 aliphatic carbocycles. The van der Waals surface area contributed by atoms with Gasteiger partial charge >= 0.3 is 0 Å². The van der Waals surface area contributed by atoms with Crippen LogP contribution in [0.25, 0.3) is 0 Å². The molecule has 1 aromatic carbocycles. The van der Waals surface area contributed by atoms with E-state index in [1.165, 1.54) is 24.3 Å². The van der Waals surface area contributed by atoms with Crippen molar-refractivity contribution in [2.75, 3.05) is 0 Å². The Bertz CT molecular complexity index is 821. The van der Waals surface area contributed by atoms with Gasteiger partial charge in [-0.05, 0) is 18.9 Å². The zero-order chi connectivity index (χ0) is 17.3. The van der Waals surface area contributed by atoms with Crippen LogP contribution in [-0.2, 0) is 0 Å². The molecule has 0 atom stereocenters. The summed E-state index contributed by atoms with van der Waals surface area (Å²) in [6.07, 6.45) is 5.75. The van der Waals surface area contributed by atoms with Gasteiger partial charge in [0.05, 0.1) is 21.2 Å². The van der Waals surface area contributed by atoms with Crippen molar-refractivity contribution in [3.05, 3.63) is 61.0 Å². The minimum absolute atomic E-state index is 0.0350. The van der Waals surface area contributed by atoms with Gasteiger partial charge in [-0.25, -0.2) is 0 Å². The summed E-state index contributed by atoms with van der Waals surface area (Å²) >= 11 is 12.1. The fourth-order valence-corrected chi connectivity index (χ4v) is 3.43. The van der Waals surface area contributed by atoms with Crippen molar-refractivity contribution in [2.24, 2.45) is 0 Å². The van der Waals surface area contributed by atoms with Gasteiger partial charge in [-0.3, -0.25) is 14.9 Å². The fourth-order valence-electron chi connectivity index (χ4n) is 2.88. The fraction of sp³-hybridized carbons (Fsp3) is 0.312. The summed E-state index contributed by atoms with van der Waals surface area (Å²) in [6, 6.07) is 5.48. The highest BCUT2D eigenvalue weighted by Gasteiger charge is 2.20. The molecule has 3 rings (SSSR count). The number of non-ortho nitro benzene ring substituents is 1. The maximum atomic E-state index is 12.0. The van der Waals surface area contributed by atoms with Gasteiger partial charge in [0.25, 0.3) is 11.2 Å². The Morgan fingerprint density at radius 1 is 1.17 bits per heavy atom. The van der Waals surface area contributed by atoms with Crippen LogP contribution >= 0.6 is 23.2 Å². The van der Waals surface area contributed by atoms with E-state index >= 15 is 0 Å². The second kappa shape index (κ2) is 6.83. The second-order valence-corrected chi connectivity index (χ2v) is 6.46. The molecule has 0 unspecified atom stereocenters. The van der Waals surface area contributed by atoms with Gasteiger partial charge in [-0.15, -0.1) is 0 Å². The third kappa shape index (κ3) is 3.39. The van der Waals surface area contributed by atoms with Crippen LogP contribution in [0.5, 0.6) is 11.5 Å². The largest absolute Gasteiger partial charge is 0.453 e. The zero-order valence-electron chi connectivity index (χ0n) is 12.6. The summed E-state index contributed by atoms with van der Waals surface area (Å²) < 4.78 is 7.35. The Hall–Kier alpha value is -2.05. The molecule has 0 bridgehead atoms. The molecule has 0 aliphatic heterocycles. The standard InChI is InChI=1S/C16H14Cl2N2O4/c17-13-7-11(20(22)23)8-14(18)16(13)24-12-5-6-15(21)19(9-12)10-3-1-2-4-10/h5-10H,1-4H2. The summed E-state index contributed by atoms with van der Waals surface area (Å²) in [6.45, 7) is 0. The Morgan fingerprint density at radius 3 is 2.38 bits per heavy atom. The highest BCUT2D eigenvalue weighted by molar-refractivity contribution is 6.37. The quantitative estimate of drug-likeness (QED) is 0.563. The average Bonchev–Trinajstić information content (AvgIpc) is 3.06. The van der Waals surface area contributed by atoms with Crippen LogP contribution in [0.1, 0.15) is 31.7 Å². The van der Waals surface area contributed by atoms with Crippen LogP contribution in [0.15, 0.2) is 35.3 Å². The summed E-state index contributed by atoms with van der Waals surface area (Å²) in [5, 5.41) is 10.9. The second-order valence-electron chi connectivity index (χ2n) is 5.65. The predicted molar refractivity (Wildman–Crippen MR) is 91.4 cm³/mol. The number of halogens is 2. The zero-order valence-corrected chi connectivity index (χ0v) is 14.1. The van der Waals surface area contributed by atoms with Crippen molar-refractivity contribution in [1.82, 2.24) is 4.57 Å². The first-order chi connectivity index (χ1) is 11.5. The summed E-state index contributed by atoms with van der Waals surface area (Å²) in [7, 11) is 0. The number of nitro groups is 1. The smallest absolute Gasteiger partial charge is 0.272 e. The van der Waals surface area contributed by atoms with E-state index < -0.39 is 4.92 Å². The maximum absolute atomic E-state index is 12.0. The molecule has 1 saturated carbocycles. The van der Waals surface area contributed by atoms with E-state index in [9.17, 15) is 14.9 Å². The van der Waals surface area contributed by atoms with Gasteiger partial charge in [0, 0.05) is 24.2 Å². The van der Waals surface area contributed by atoms with Gasteiger partial charge in [-0.1, -0.05) is 36.0 Å². The molecule has 1 fully saturated rings. The third-order valence-electron chi connectivity index (χ3n) is 4.04. The molecule has 24 heavy (non-hydrogen) atoms. The van der Waals surface area contributed by atoms with E-state index in [2.05, 4.69) is 0 Å². The van der Waals surface area contributed by atoms with E-state index in [4.69, 9.17) is 27.9 Å². The Labute approximate surface area is 147 Å². The number of nitrogens with zero attached hydrogens (tertiary/aromatic N) is 2. The lowest BCUT2D eigenvalue weighted by Crippen LogP contribution is -2.21. The van der Waals surface area contributed by atoms with E-state index in [-0.39, 0.29) is 33.1 Å². The number of benzene rings is 1. The molecule has 0 N–H and O–H groups in total. The third-order valence-corrected chi connectivity index (χ3v) is 4.60. The Kier molecular flexibility index (Phi) is 4.78. The molecule has 0 amide bonds. The summed E-state index contributed by atoms with van der Waals surface area (Å²) in [4.78, 5) is 22.3. The van der Waals surface area contributed by atoms with Gasteiger partial charge in [0.2, 0.25) is 0 Å². The van der Waals surface area contributed by atoms with E-state index in [0.29, 0.717) is 5.75 Å². The Morgan fingerprint density at radius 2 is 1.79 bits per heavy atom. The molecule has 2 aromatic rings. The van der Waals surface area contributed by atoms with Crippen LogP contribution in [0.3, 0.4) is 0 Å². The molecule has 0 radical (unpaired) electrons. The minimum Gasteiger partial charge on any atom is -0.453 e. The highest BCUT2D eigenvalue weighted by Crippen LogP contribution is 2.39. The van der Waals surface area contributed by atoms with E-state index in [0.717, 1.165) is 25.7 Å². The number of aromatic nitrogens is 1. The van der Waals surface area contributed by atoms with Crippen molar-refractivity contribution in [3.8, 4) is 11.5 Å². The van der Waals surface area contributed by atoms with Crippen LogP contribution in [0.2, 0.25) is 10.0 Å². The lowest BCUT2D eigenvalue weighted by Gasteiger charge is -2.15. The molecule has 6 nitrogen and oxygen atoms in total.